The SMILES string of the molecule is CCCc1ccnc(N[C@@H](C)c2ccc(C(F)(F)F)cc2F)n1. The van der Waals surface area contributed by atoms with Crippen molar-refractivity contribution in [1.29, 1.82) is 0 Å². The van der Waals surface area contributed by atoms with Crippen molar-refractivity contribution in [2.45, 2.75) is 38.9 Å². The maximum Gasteiger partial charge on any atom is 0.416 e. The molecule has 0 saturated carbocycles. The van der Waals surface area contributed by atoms with E-state index in [2.05, 4.69) is 15.3 Å². The average molecular weight is 327 g/mol. The zero-order chi connectivity index (χ0) is 17.0. The molecule has 1 heterocycles. The number of nitrogens with zero attached hydrogens (tertiary/aromatic N) is 2. The van der Waals surface area contributed by atoms with Crippen molar-refractivity contribution in [3.63, 3.8) is 0 Å². The Bertz CT molecular complexity index is 671. The van der Waals surface area contributed by atoms with Gasteiger partial charge in [0, 0.05) is 17.5 Å². The van der Waals surface area contributed by atoms with Gasteiger partial charge >= 0.3 is 6.18 Å². The number of rotatable bonds is 5. The van der Waals surface area contributed by atoms with Gasteiger partial charge in [0.1, 0.15) is 5.82 Å². The van der Waals surface area contributed by atoms with Gasteiger partial charge in [0.05, 0.1) is 11.6 Å². The van der Waals surface area contributed by atoms with E-state index in [1.807, 2.05) is 6.92 Å². The monoisotopic (exact) mass is 327 g/mol. The van der Waals surface area contributed by atoms with Crippen molar-refractivity contribution < 1.29 is 17.6 Å². The lowest BCUT2D eigenvalue weighted by Gasteiger charge is -2.16. The third kappa shape index (κ3) is 4.40. The van der Waals surface area contributed by atoms with Gasteiger partial charge in [-0.2, -0.15) is 13.2 Å². The second-order valence-corrected chi connectivity index (χ2v) is 5.22. The number of aromatic nitrogens is 2. The molecule has 0 radical (unpaired) electrons. The summed E-state index contributed by atoms with van der Waals surface area (Å²) in [6.07, 6.45) is -1.25. The Morgan fingerprint density at radius 3 is 2.57 bits per heavy atom. The molecule has 1 aromatic heterocycles. The summed E-state index contributed by atoms with van der Waals surface area (Å²) in [6, 6.07) is 3.73. The van der Waals surface area contributed by atoms with E-state index < -0.39 is 23.6 Å². The number of benzene rings is 1. The van der Waals surface area contributed by atoms with E-state index in [1.54, 1.807) is 19.2 Å². The Morgan fingerprint density at radius 1 is 1.22 bits per heavy atom. The van der Waals surface area contributed by atoms with Crippen LogP contribution in [0.1, 0.15) is 43.1 Å². The minimum atomic E-state index is -4.56. The van der Waals surface area contributed by atoms with Crippen molar-refractivity contribution in [1.82, 2.24) is 9.97 Å². The number of anilines is 1. The summed E-state index contributed by atoms with van der Waals surface area (Å²) in [7, 11) is 0. The highest BCUT2D eigenvalue weighted by Crippen LogP contribution is 2.31. The molecule has 1 aromatic carbocycles. The molecule has 0 unspecified atom stereocenters. The minimum absolute atomic E-state index is 0.127. The quantitative estimate of drug-likeness (QED) is 0.805. The molecule has 0 spiro atoms. The highest BCUT2D eigenvalue weighted by atomic mass is 19.4. The van der Waals surface area contributed by atoms with Gasteiger partial charge in [0.2, 0.25) is 5.95 Å². The zero-order valence-electron chi connectivity index (χ0n) is 12.8. The lowest BCUT2D eigenvalue weighted by atomic mass is 10.0. The van der Waals surface area contributed by atoms with Crippen LogP contribution < -0.4 is 5.32 Å². The largest absolute Gasteiger partial charge is 0.416 e. The second kappa shape index (κ2) is 6.93. The van der Waals surface area contributed by atoms with E-state index in [0.29, 0.717) is 12.0 Å². The van der Waals surface area contributed by atoms with Crippen LogP contribution in [0.2, 0.25) is 0 Å². The third-order valence-electron chi connectivity index (χ3n) is 3.36. The van der Waals surface area contributed by atoms with E-state index in [1.165, 1.54) is 0 Å². The summed E-state index contributed by atoms with van der Waals surface area (Å²) in [6.45, 7) is 3.66. The maximum atomic E-state index is 14.0. The highest BCUT2D eigenvalue weighted by molar-refractivity contribution is 5.35. The van der Waals surface area contributed by atoms with Crippen LogP contribution in [-0.4, -0.2) is 9.97 Å². The first-order chi connectivity index (χ1) is 10.8. The fraction of sp³-hybridized carbons (Fsp3) is 0.375. The molecule has 2 rings (SSSR count). The van der Waals surface area contributed by atoms with Crippen molar-refractivity contribution in [3.05, 3.63) is 53.1 Å². The highest BCUT2D eigenvalue weighted by Gasteiger charge is 2.31. The molecule has 0 aliphatic heterocycles. The molecule has 2 aromatic rings. The van der Waals surface area contributed by atoms with Crippen LogP contribution in [-0.2, 0) is 12.6 Å². The normalized spacial score (nSPS) is 13.0. The van der Waals surface area contributed by atoms with Gasteiger partial charge < -0.3 is 5.32 Å². The summed E-state index contributed by atoms with van der Waals surface area (Å²) >= 11 is 0. The summed E-state index contributed by atoms with van der Waals surface area (Å²) in [4.78, 5) is 8.34. The van der Waals surface area contributed by atoms with Crippen LogP contribution in [0.4, 0.5) is 23.5 Å². The number of halogens is 4. The summed E-state index contributed by atoms with van der Waals surface area (Å²) in [5, 5.41) is 2.91. The fourth-order valence-electron chi connectivity index (χ4n) is 2.19. The second-order valence-electron chi connectivity index (χ2n) is 5.22. The molecule has 23 heavy (non-hydrogen) atoms. The van der Waals surface area contributed by atoms with Crippen LogP contribution in [0.3, 0.4) is 0 Å². The van der Waals surface area contributed by atoms with Crippen molar-refractivity contribution in [2.24, 2.45) is 0 Å². The van der Waals surface area contributed by atoms with Gasteiger partial charge in [-0.3, -0.25) is 0 Å². The van der Waals surface area contributed by atoms with Gasteiger partial charge in [-0.15, -0.1) is 0 Å². The third-order valence-corrected chi connectivity index (χ3v) is 3.36. The Labute approximate surface area is 131 Å². The predicted molar refractivity (Wildman–Crippen MR) is 79.5 cm³/mol. The molecular formula is C16H17F4N3. The Balaban J connectivity index is 2.17. The smallest absolute Gasteiger partial charge is 0.348 e. The molecule has 3 nitrogen and oxygen atoms in total. The maximum absolute atomic E-state index is 14.0. The standard InChI is InChI=1S/C16H17F4N3/c1-3-4-12-7-8-21-15(23-12)22-10(2)13-6-5-11(9-14(13)17)16(18,19)20/h5-10H,3-4H2,1-2H3,(H,21,22,23)/t10-/m0/s1. The lowest BCUT2D eigenvalue weighted by molar-refractivity contribution is -0.137. The first kappa shape index (κ1) is 17.2. The lowest BCUT2D eigenvalue weighted by Crippen LogP contribution is -2.13. The molecule has 0 saturated heterocycles. The van der Waals surface area contributed by atoms with E-state index in [-0.39, 0.29) is 5.56 Å². The topological polar surface area (TPSA) is 37.8 Å². The van der Waals surface area contributed by atoms with Gasteiger partial charge in [-0.05, 0) is 31.5 Å². The number of hydrogen-bond acceptors (Lipinski definition) is 3. The molecule has 0 amide bonds. The molecule has 0 aliphatic rings. The number of alkyl halides is 3. The van der Waals surface area contributed by atoms with Gasteiger partial charge in [-0.1, -0.05) is 19.4 Å². The van der Waals surface area contributed by atoms with Crippen LogP contribution >= 0.6 is 0 Å². The number of hydrogen-bond donors (Lipinski definition) is 1. The van der Waals surface area contributed by atoms with E-state index in [9.17, 15) is 17.6 Å². The Kier molecular flexibility index (Phi) is 5.18. The van der Waals surface area contributed by atoms with Crippen molar-refractivity contribution in [2.75, 3.05) is 5.32 Å². The minimum Gasteiger partial charge on any atom is -0.348 e. The van der Waals surface area contributed by atoms with Crippen molar-refractivity contribution >= 4 is 5.95 Å². The molecule has 124 valence electrons. The Hall–Kier alpha value is -2.18. The number of aryl methyl sites for hydroxylation is 1. The van der Waals surface area contributed by atoms with Crippen LogP contribution in [0.5, 0.6) is 0 Å². The molecule has 0 fully saturated rings. The molecular weight excluding hydrogens is 310 g/mol. The molecule has 1 atom stereocenters. The predicted octanol–water partition coefficient (Wildman–Crippen LogP) is 4.76. The summed E-state index contributed by atoms with van der Waals surface area (Å²) in [5.41, 5.74) is -0.0280. The first-order valence-electron chi connectivity index (χ1n) is 7.26. The van der Waals surface area contributed by atoms with E-state index in [4.69, 9.17) is 0 Å². The molecule has 1 N–H and O–H groups in total. The Morgan fingerprint density at radius 2 is 1.96 bits per heavy atom. The zero-order valence-corrected chi connectivity index (χ0v) is 12.8. The van der Waals surface area contributed by atoms with Crippen LogP contribution in [0.25, 0.3) is 0 Å². The number of nitrogens with one attached hydrogen (secondary N) is 1. The molecule has 7 heteroatoms. The van der Waals surface area contributed by atoms with Gasteiger partial charge in [-0.25, -0.2) is 14.4 Å². The molecule has 0 bridgehead atoms. The van der Waals surface area contributed by atoms with Crippen LogP contribution in [0, 0.1) is 5.82 Å². The van der Waals surface area contributed by atoms with E-state index >= 15 is 0 Å². The summed E-state index contributed by atoms with van der Waals surface area (Å²) in [5.74, 6) is -0.590. The fourth-order valence-corrected chi connectivity index (χ4v) is 2.19. The van der Waals surface area contributed by atoms with Crippen molar-refractivity contribution in [3.8, 4) is 0 Å². The van der Waals surface area contributed by atoms with Gasteiger partial charge in [0.25, 0.3) is 0 Å². The molecule has 0 aliphatic carbocycles. The summed E-state index contributed by atoms with van der Waals surface area (Å²) < 4.78 is 51.6. The van der Waals surface area contributed by atoms with Crippen LogP contribution in [0.15, 0.2) is 30.5 Å². The van der Waals surface area contributed by atoms with E-state index in [0.717, 1.165) is 30.7 Å². The van der Waals surface area contributed by atoms with Gasteiger partial charge in [0.15, 0.2) is 0 Å². The first-order valence-corrected chi connectivity index (χ1v) is 7.26. The average Bonchev–Trinajstić information content (AvgIpc) is 2.46.